The van der Waals surface area contributed by atoms with Crippen molar-refractivity contribution in [2.45, 2.75) is 39.8 Å². The van der Waals surface area contributed by atoms with E-state index in [4.69, 9.17) is 0 Å². The van der Waals surface area contributed by atoms with Gasteiger partial charge >= 0.3 is 0 Å². The lowest BCUT2D eigenvalue weighted by Gasteiger charge is -2.05. The highest BCUT2D eigenvalue weighted by Crippen LogP contribution is 2.21. The highest BCUT2D eigenvalue weighted by Gasteiger charge is 2.09. The van der Waals surface area contributed by atoms with Gasteiger partial charge in [0.05, 0.1) is 10.7 Å². The fourth-order valence-corrected chi connectivity index (χ4v) is 2.90. The highest BCUT2D eigenvalue weighted by molar-refractivity contribution is 7.11. The first-order valence-corrected chi connectivity index (χ1v) is 7.29. The molecule has 1 N–H and O–H groups in total. The molecule has 19 heavy (non-hydrogen) atoms. The number of nitrogens with zero attached hydrogens (tertiary/aromatic N) is 1. The molecule has 0 aliphatic rings. The second-order valence-corrected chi connectivity index (χ2v) is 6.13. The molecular weight excluding hydrogens is 259 g/mol. The van der Waals surface area contributed by atoms with Gasteiger partial charge in [-0.15, -0.1) is 11.3 Å². The minimum Gasteiger partial charge on any atom is -0.310 e. The van der Waals surface area contributed by atoms with Crippen LogP contribution in [0.1, 0.15) is 35.0 Å². The van der Waals surface area contributed by atoms with E-state index < -0.39 is 0 Å². The molecule has 0 saturated carbocycles. The third-order valence-corrected chi connectivity index (χ3v) is 4.01. The molecule has 1 aromatic heterocycles. The van der Waals surface area contributed by atoms with Crippen molar-refractivity contribution in [1.29, 1.82) is 0 Å². The average molecular weight is 278 g/mol. The maximum Gasteiger partial charge on any atom is 0.123 e. The number of aryl methyl sites for hydroxylation is 1. The molecule has 0 unspecified atom stereocenters. The summed E-state index contributed by atoms with van der Waals surface area (Å²) in [6.07, 6.45) is 0.699. The van der Waals surface area contributed by atoms with Crippen molar-refractivity contribution in [2.24, 2.45) is 0 Å². The van der Waals surface area contributed by atoms with Crippen molar-refractivity contribution < 1.29 is 4.39 Å². The molecule has 102 valence electrons. The van der Waals surface area contributed by atoms with Crippen molar-refractivity contribution >= 4 is 11.3 Å². The second-order valence-electron chi connectivity index (χ2n) is 4.96. The number of benzene rings is 1. The van der Waals surface area contributed by atoms with E-state index in [1.165, 1.54) is 10.9 Å². The summed E-state index contributed by atoms with van der Waals surface area (Å²) in [5.41, 5.74) is 2.04. The summed E-state index contributed by atoms with van der Waals surface area (Å²) in [7, 11) is 0. The molecule has 4 heteroatoms. The van der Waals surface area contributed by atoms with Gasteiger partial charge in [-0.2, -0.15) is 0 Å². The van der Waals surface area contributed by atoms with Gasteiger partial charge in [0.2, 0.25) is 0 Å². The van der Waals surface area contributed by atoms with Crippen LogP contribution in [0.3, 0.4) is 0 Å². The Labute approximate surface area is 117 Å². The second kappa shape index (κ2) is 6.26. The Kier molecular flexibility index (Phi) is 4.66. The Morgan fingerprint density at radius 3 is 2.84 bits per heavy atom. The van der Waals surface area contributed by atoms with E-state index in [9.17, 15) is 4.39 Å². The fourth-order valence-electron chi connectivity index (χ4n) is 1.85. The third-order valence-electron chi connectivity index (χ3n) is 2.85. The first kappa shape index (κ1) is 14.2. The van der Waals surface area contributed by atoms with Gasteiger partial charge < -0.3 is 5.32 Å². The molecule has 0 saturated heterocycles. The molecule has 0 aliphatic carbocycles. The number of thiazole rings is 1. The molecule has 0 bridgehead atoms. The van der Waals surface area contributed by atoms with Crippen LogP contribution in [0, 0.1) is 12.7 Å². The summed E-state index contributed by atoms with van der Waals surface area (Å²) < 4.78 is 13.1. The minimum atomic E-state index is -0.188. The maximum atomic E-state index is 13.1. The molecular formula is C15H19FN2S. The van der Waals surface area contributed by atoms with Gasteiger partial charge in [0, 0.05) is 23.9 Å². The number of nitrogens with one attached hydrogen (secondary N) is 1. The average Bonchev–Trinajstić information content (AvgIpc) is 2.67. The zero-order valence-corrected chi connectivity index (χ0v) is 12.4. The Morgan fingerprint density at radius 1 is 1.37 bits per heavy atom. The Bertz CT molecular complexity index is 549. The maximum absolute atomic E-state index is 13.1. The lowest BCUT2D eigenvalue weighted by molar-refractivity contribution is 0.591. The van der Waals surface area contributed by atoms with Gasteiger partial charge in [0.15, 0.2) is 0 Å². The van der Waals surface area contributed by atoms with Crippen LogP contribution in [0.4, 0.5) is 4.39 Å². The molecule has 0 amide bonds. The van der Waals surface area contributed by atoms with Crippen molar-refractivity contribution in [3.63, 3.8) is 0 Å². The Balaban J connectivity index is 2.07. The predicted octanol–water partition coefficient (Wildman–Crippen LogP) is 3.68. The number of hydrogen-bond donors (Lipinski definition) is 1. The lowest BCUT2D eigenvalue weighted by atomic mass is 10.1. The van der Waals surface area contributed by atoms with Crippen LogP contribution >= 0.6 is 11.3 Å². The zero-order chi connectivity index (χ0) is 13.8. The summed E-state index contributed by atoms with van der Waals surface area (Å²) in [5.74, 6) is -0.188. The number of rotatable bonds is 5. The van der Waals surface area contributed by atoms with Crippen LogP contribution in [-0.2, 0) is 13.0 Å². The topological polar surface area (TPSA) is 24.9 Å². The molecule has 2 nitrogen and oxygen atoms in total. The SMILES string of the molecule is Cc1nc(Cc2cccc(F)c2)sc1CNC(C)C. The first-order valence-electron chi connectivity index (χ1n) is 6.47. The molecule has 0 fully saturated rings. The van der Waals surface area contributed by atoms with Gasteiger partial charge in [-0.1, -0.05) is 26.0 Å². The molecule has 2 aromatic rings. The minimum absolute atomic E-state index is 0.188. The van der Waals surface area contributed by atoms with Crippen LogP contribution in [0.2, 0.25) is 0 Å². The van der Waals surface area contributed by atoms with Gasteiger partial charge in [-0.05, 0) is 24.6 Å². The van der Waals surface area contributed by atoms with Crippen LogP contribution < -0.4 is 5.32 Å². The molecule has 0 aliphatic heterocycles. The van der Waals surface area contributed by atoms with Gasteiger partial charge in [-0.3, -0.25) is 0 Å². The summed E-state index contributed by atoms with van der Waals surface area (Å²) in [4.78, 5) is 5.83. The number of aromatic nitrogens is 1. The molecule has 0 radical (unpaired) electrons. The van der Waals surface area contributed by atoms with E-state index in [-0.39, 0.29) is 5.82 Å². The Hall–Kier alpha value is -1.26. The molecule has 0 spiro atoms. The Morgan fingerprint density at radius 2 is 2.16 bits per heavy atom. The van der Waals surface area contributed by atoms with E-state index in [1.807, 2.05) is 13.0 Å². The summed E-state index contributed by atoms with van der Waals surface area (Å²) in [6, 6.07) is 7.18. The lowest BCUT2D eigenvalue weighted by Crippen LogP contribution is -2.21. The standard InChI is InChI=1S/C15H19FN2S/c1-10(2)17-9-14-11(3)18-15(19-14)8-12-5-4-6-13(16)7-12/h4-7,10,17H,8-9H2,1-3H3. The third kappa shape index (κ3) is 4.11. The van der Waals surface area contributed by atoms with E-state index in [0.29, 0.717) is 12.5 Å². The van der Waals surface area contributed by atoms with Gasteiger partial charge in [0.25, 0.3) is 0 Å². The summed E-state index contributed by atoms with van der Waals surface area (Å²) in [5, 5.41) is 4.44. The zero-order valence-electron chi connectivity index (χ0n) is 11.5. The fraction of sp³-hybridized carbons (Fsp3) is 0.400. The smallest absolute Gasteiger partial charge is 0.123 e. The van der Waals surface area contributed by atoms with E-state index in [2.05, 4.69) is 24.1 Å². The van der Waals surface area contributed by atoms with Crippen molar-refractivity contribution in [3.8, 4) is 0 Å². The van der Waals surface area contributed by atoms with Crippen LogP contribution in [0.15, 0.2) is 24.3 Å². The highest BCUT2D eigenvalue weighted by atomic mass is 32.1. The van der Waals surface area contributed by atoms with Crippen LogP contribution in [-0.4, -0.2) is 11.0 Å². The molecule has 2 rings (SSSR count). The summed E-state index contributed by atoms with van der Waals surface area (Å²) in [6.45, 7) is 7.14. The van der Waals surface area contributed by atoms with Crippen molar-refractivity contribution in [2.75, 3.05) is 0 Å². The monoisotopic (exact) mass is 278 g/mol. The molecule has 1 heterocycles. The van der Waals surface area contributed by atoms with Gasteiger partial charge in [0.1, 0.15) is 5.82 Å². The quantitative estimate of drug-likeness (QED) is 0.902. The van der Waals surface area contributed by atoms with Crippen LogP contribution in [0.5, 0.6) is 0 Å². The predicted molar refractivity (Wildman–Crippen MR) is 78.0 cm³/mol. The first-order chi connectivity index (χ1) is 9.04. The van der Waals surface area contributed by atoms with Crippen LogP contribution in [0.25, 0.3) is 0 Å². The van der Waals surface area contributed by atoms with E-state index in [1.54, 1.807) is 23.5 Å². The molecule has 0 atom stereocenters. The van der Waals surface area contributed by atoms with Crippen molar-refractivity contribution in [3.05, 3.63) is 51.2 Å². The number of hydrogen-bond acceptors (Lipinski definition) is 3. The van der Waals surface area contributed by atoms with E-state index in [0.717, 1.165) is 22.8 Å². The van der Waals surface area contributed by atoms with E-state index >= 15 is 0 Å². The molecule has 1 aromatic carbocycles. The summed E-state index contributed by atoms with van der Waals surface area (Å²) >= 11 is 1.71. The van der Waals surface area contributed by atoms with Crippen molar-refractivity contribution in [1.82, 2.24) is 10.3 Å². The largest absolute Gasteiger partial charge is 0.310 e. The number of halogens is 1. The van der Waals surface area contributed by atoms with Gasteiger partial charge in [-0.25, -0.2) is 9.37 Å². The normalized spacial score (nSPS) is 11.2.